The second-order valence-corrected chi connectivity index (χ2v) is 6.52. The Kier molecular flexibility index (Phi) is 4.46. The summed E-state index contributed by atoms with van der Waals surface area (Å²) in [6, 6.07) is 12.0. The summed E-state index contributed by atoms with van der Waals surface area (Å²) in [7, 11) is 0. The van der Waals surface area contributed by atoms with Gasteiger partial charge in [0, 0.05) is 5.56 Å². The topological polar surface area (TPSA) is 60.4 Å². The minimum absolute atomic E-state index is 0.0336. The summed E-state index contributed by atoms with van der Waals surface area (Å²) in [5.74, 6) is -2.40. The zero-order valence-electron chi connectivity index (χ0n) is 12.1. The molecule has 0 aliphatic carbocycles. The average Bonchev–Trinajstić information content (AvgIpc) is 2.82. The van der Waals surface area contributed by atoms with Crippen molar-refractivity contribution < 1.29 is 19.1 Å². The van der Waals surface area contributed by atoms with Gasteiger partial charge in [-0.05, 0) is 23.8 Å². The first-order valence-corrected chi connectivity index (χ1v) is 8.04. The molecule has 1 aliphatic rings. The van der Waals surface area contributed by atoms with Gasteiger partial charge in [0.15, 0.2) is 4.32 Å². The van der Waals surface area contributed by atoms with E-state index in [0.717, 1.165) is 16.7 Å². The molecule has 2 aromatic carbocycles. The summed E-state index contributed by atoms with van der Waals surface area (Å²) in [6.45, 7) is 0. The summed E-state index contributed by atoms with van der Waals surface area (Å²) >= 11 is 6.16. The number of thioether (sulfide) groups is 1. The molecule has 7 heteroatoms. The van der Waals surface area contributed by atoms with E-state index >= 15 is 0 Å². The Bertz CT molecular complexity index is 895. The van der Waals surface area contributed by atoms with Gasteiger partial charge in [-0.2, -0.15) is 0 Å². The number of halogens is 1. The molecule has 0 radical (unpaired) electrons. The maximum Gasteiger partial charge on any atom is 0.270 e. The highest BCUT2D eigenvalue weighted by molar-refractivity contribution is 8.27. The lowest BCUT2D eigenvalue weighted by Gasteiger charge is -2.15. The quantitative estimate of drug-likeness (QED) is 0.623. The molecular formula is C17H9FNO3S2-. The van der Waals surface area contributed by atoms with Crippen LogP contribution in [-0.4, -0.2) is 16.2 Å². The second-order valence-electron chi connectivity index (χ2n) is 4.84. The molecule has 0 spiro atoms. The molecule has 0 N–H and O–H groups in total. The molecule has 4 nitrogen and oxygen atoms in total. The Hall–Kier alpha value is -2.51. The predicted molar refractivity (Wildman–Crippen MR) is 92.8 cm³/mol. The third-order valence-corrected chi connectivity index (χ3v) is 4.66. The number of hydrogen-bond acceptors (Lipinski definition) is 5. The van der Waals surface area contributed by atoms with E-state index < -0.39 is 17.7 Å². The molecule has 1 saturated heterocycles. The minimum atomic E-state index is -1.34. The van der Waals surface area contributed by atoms with E-state index in [1.807, 2.05) is 0 Å². The second kappa shape index (κ2) is 6.54. The molecule has 1 heterocycles. The monoisotopic (exact) mass is 358 g/mol. The molecule has 1 amide bonds. The van der Waals surface area contributed by atoms with Crippen molar-refractivity contribution in [1.82, 2.24) is 0 Å². The van der Waals surface area contributed by atoms with Crippen LogP contribution in [0.25, 0.3) is 6.08 Å². The Morgan fingerprint density at radius 1 is 1.17 bits per heavy atom. The largest absolute Gasteiger partial charge is 0.545 e. The number of amides is 1. The van der Waals surface area contributed by atoms with E-state index in [9.17, 15) is 19.1 Å². The van der Waals surface area contributed by atoms with Crippen LogP contribution in [0.2, 0.25) is 0 Å². The number of benzene rings is 2. The van der Waals surface area contributed by atoms with Crippen molar-refractivity contribution >= 4 is 51.9 Å². The van der Waals surface area contributed by atoms with Crippen LogP contribution < -0.4 is 10.0 Å². The first-order valence-electron chi connectivity index (χ1n) is 6.82. The van der Waals surface area contributed by atoms with Crippen LogP contribution in [0.1, 0.15) is 15.9 Å². The number of hydrogen-bond donors (Lipinski definition) is 0. The summed E-state index contributed by atoms with van der Waals surface area (Å²) in [5, 5.41) is 11.2. The highest BCUT2D eigenvalue weighted by Crippen LogP contribution is 2.37. The van der Waals surface area contributed by atoms with Crippen LogP contribution in [0.4, 0.5) is 10.1 Å². The number of rotatable bonds is 3. The van der Waals surface area contributed by atoms with Gasteiger partial charge in [-0.25, -0.2) is 4.39 Å². The standard InChI is InChI=1S/C17H10FNO3S2/c18-12-7-3-4-8-13(12)19-15(20)14(24-17(19)23)9-10-5-1-2-6-11(10)16(21)22/h1-9H,(H,21,22)/p-1/b14-9+. The molecular weight excluding hydrogens is 349 g/mol. The fourth-order valence-electron chi connectivity index (χ4n) is 2.26. The van der Waals surface area contributed by atoms with Gasteiger partial charge in [0.05, 0.1) is 16.6 Å². The van der Waals surface area contributed by atoms with Crippen LogP contribution in [0.15, 0.2) is 53.4 Å². The van der Waals surface area contributed by atoms with Gasteiger partial charge >= 0.3 is 0 Å². The van der Waals surface area contributed by atoms with Crippen molar-refractivity contribution in [2.45, 2.75) is 0 Å². The normalized spacial score (nSPS) is 16.0. The predicted octanol–water partition coefficient (Wildman–Crippen LogP) is 2.60. The van der Waals surface area contributed by atoms with E-state index in [4.69, 9.17) is 12.2 Å². The number of thiocarbonyl (C=S) groups is 1. The van der Waals surface area contributed by atoms with E-state index in [1.54, 1.807) is 24.3 Å². The number of nitrogens with zero attached hydrogens (tertiary/aromatic N) is 1. The lowest BCUT2D eigenvalue weighted by atomic mass is 10.1. The smallest absolute Gasteiger partial charge is 0.270 e. The van der Waals surface area contributed by atoms with E-state index in [2.05, 4.69) is 0 Å². The van der Waals surface area contributed by atoms with Crippen molar-refractivity contribution in [2.24, 2.45) is 0 Å². The van der Waals surface area contributed by atoms with E-state index in [1.165, 1.54) is 30.3 Å². The van der Waals surface area contributed by atoms with Crippen molar-refractivity contribution in [3.05, 3.63) is 70.4 Å². The van der Waals surface area contributed by atoms with Gasteiger partial charge < -0.3 is 9.90 Å². The van der Waals surface area contributed by atoms with Crippen LogP contribution in [0.3, 0.4) is 0 Å². The molecule has 24 heavy (non-hydrogen) atoms. The molecule has 1 fully saturated rings. The summed E-state index contributed by atoms with van der Waals surface area (Å²) in [6.07, 6.45) is 1.42. The Morgan fingerprint density at radius 2 is 1.83 bits per heavy atom. The van der Waals surface area contributed by atoms with Crippen LogP contribution in [-0.2, 0) is 4.79 Å². The van der Waals surface area contributed by atoms with Crippen molar-refractivity contribution in [1.29, 1.82) is 0 Å². The van der Waals surface area contributed by atoms with E-state index in [-0.39, 0.29) is 20.5 Å². The van der Waals surface area contributed by atoms with Crippen LogP contribution in [0.5, 0.6) is 0 Å². The molecule has 0 unspecified atom stereocenters. The minimum Gasteiger partial charge on any atom is -0.545 e. The van der Waals surface area contributed by atoms with Gasteiger partial charge in [-0.15, -0.1) is 0 Å². The molecule has 2 aromatic rings. The first-order chi connectivity index (χ1) is 11.5. The molecule has 3 rings (SSSR count). The summed E-state index contributed by atoms with van der Waals surface area (Å²) < 4.78 is 14.1. The molecule has 120 valence electrons. The fraction of sp³-hybridized carbons (Fsp3) is 0. The zero-order valence-corrected chi connectivity index (χ0v) is 13.7. The van der Waals surface area contributed by atoms with Crippen molar-refractivity contribution in [2.75, 3.05) is 4.90 Å². The number of carboxylic acids is 1. The number of para-hydroxylation sites is 1. The molecule has 0 aromatic heterocycles. The lowest BCUT2D eigenvalue weighted by Crippen LogP contribution is -2.28. The number of carbonyl (C=O) groups excluding carboxylic acids is 2. The van der Waals surface area contributed by atoms with Gasteiger partial charge in [0.2, 0.25) is 0 Å². The Balaban J connectivity index is 2.01. The summed E-state index contributed by atoms with van der Waals surface area (Å²) in [4.78, 5) is 25.0. The SMILES string of the molecule is O=C([O-])c1ccccc1/C=C1/SC(=S)N(c2ccccc2F)C1=O. The third-order valence-electron chi connectivity index (χ3n) is 3.35. The lowest BCUT2D eigenvalue weighted by molar-refractivity contribution is -0.255. The Labute approximate surface area is 146 Å². The van der Waals surface area contributed by atoms with Crippen molar-refractivity contribution in [3.63, 3.8) is 0 Å². The zero-order chi connectivity index (χ0) is 17.3. The Morgan fingerprint density at radius 3 is 2.54 bits per heavy atom. The first kappa shape index (κ1) is 16.4. The third kappa shape index (κ3) is 2.95. The maximum absolute atomic E-state index is 13.9. The van der Waals surface area contributed by atoms with Gasteiger partial charge in [0.25, 0.3) is 5.91 Å². The van der Waals surface area contributed by atoms with E-state index in [0.29, 0.717) is 5.56 Å². The van der Waals surface area contributed by atoms with Gasteiger partial charge in [-0.1, -0.05) is 60.4 Å². The fourth-order valence-corrected chi connectivity index (χ4v) is 3.53. The molecule has 0 bridgehead atoms. The highest BCUT2D eigenvalue weighted by atomic mass is 32.2. The molecule has 0 saturated carbocycles. The number of carboxylic acid groups (broad SMARTS) is 1. The average molecular weight is 358 g/mol. The number of carbonyl (C=O) groups is 2. The highest BCUT2D eigenvalue weighted by Gasteiger charge is 2.34. The van der Waals surface area contributed by atoms with Crippen LogP contribution >= 0.6 is 24.0 Å². The van der Waals surface area contributed by atoms with Crippen molar-refractivity contribution in [3.8, 4) is 0 Å². The maximum atomic E-state index is 13.9. The number of anilines is 1. The van der Waals surface area contributed by atoms with Gasteiger partial charge in [-0.3, -0.25) is 9.69 Å². The molecule has 1 aliphatic heterocycles. The molecule has 0 atom stereocenters. The number of aromatic carboxylic acids is 1. The van der Waals surface area contributed by atoms with Crippen LogP contribution in [0, 0.1) is 5.82 Å². The van der Waals surface area contributed by atoms with Gasteiger partial charge in [0.1, 0.15) is 5.82 Å². The summed E-state index contributed by atoms with van der Waals surface area (Å²) in [5.41, 5.74) is 0.358.